The van der Waals surface area contributed by atoms with Gasteiger partial charge in [0.15, 0.2) is 0 Å². The number of benzene rings is 2. The van der Waals surface area contributed by atoms with Crippen LogP contribution in [-0.4, -0.2) is 38.1 Å². The summed E-state index contributed by atoms with van der Waals surface area (Å²) in [5.41, 5.74) is 2.21. The van der Waals surface area contributed by atoms with Crippen molar-refractivity contribution in [1.29, 1.82) is 0 Å². The van der Waals surface area contributed by atoms with Gasteiger partial charge < -0.3 is 5.32 Å². The van der Waals surface area contributed by atoms with E-state index < -0.39 is 15.3 Å². The molecule has 4 rings (SSSR count). The van der Waals surface area contributed by atoms with Gasteiger partial charge in [0.2, 0.25) is 10.0 Å². The number of anilines is 2. The van der Waals surface area contributed by atoms with Crippen LogP contribution in [0.4, 0.5) is 11.4 Å². The third-order valence-electron chi connectivity index (χ3n) is 6.29. The molecule has 1 aliphatic heterocycles. The van der Waals surface area contributed by atoms with Crippen molar-refractivity contribution in [3.05, 3.63) is 59.7 Å². The van der Waals surface area contributed by atoms with Gasteiger partial charge in [0.25, 0.3) is 11.8 Å². The fraction of sp³-hybridized carbons (Fsp3) is 0.417. The van der Waals surface area contributed by atoms with Crippen molar-refractivity contribution in [2.24, 2.45) is 5.92 Å². The maximum atomic E-state index is 12.9. The molecule has 0 radical (unpaired) electrons. The van der Waals surface area contributed by atoms with E-state index in [9.17, 15) is 18.0 Å². The number of amides is 2. The van der Waals surface area contributed by atoms with Crippen LogP contribution in [0.25, 0.3) is 0 Å². The molecule has 0 saturated heterocycles. The van der Waals surface area contributed by atoms with Gasteiger partial charge in [0.05, 0.1) is 22.1 Å². The van der Waals surface area contributed by atoms with Gasteiger partial charge in [0, 0.05) is 18.3 Å². The molecular formula is C24H29N3O4S. The van der Waals surface area contributed by atoms with E-state index >= 15 is 0 Å². The molecule has 1 fully saturated rings. The number of fused-ring (bicyclic) bond motifs is 1. The van der Waals surface area contributed by atoms with E-state index in [-0.39, 0.29) is 17.9 Å². The molecule has 1 saturated carbocycles. The molecule has 0 unspecified atom stereocenters. The van der Waals surface area contributed by atoms with Crippen LogP contribution >= 0.6 is 0 Å². The normalized spacial score (nSPS) is 21.2. The van der Waals surface area contributed by atoms with Crippen LogP contribution in [0.15, 0.2) is 48.5 Å². The lowest BCUT2D eigenvalue weighted by molar-refractivity contribution is 0.0926. The average molecular weight is 456 g/mol. The summed E-state index contributed by atoms with van der Waals surface area (Å²) < 4.78 is 27.0. The van der Waals surface area contributed by atoms with Crippen molar-refractivity contribution in [3.8, 4) is 0 Å². The van der Waals surface area contributed by atoms with Crippen LogP contribution in [-0.2, 0) is 10.0 Å². The molecule has 2 aliphatic rings. The summed E-state index contributed by atoms with van der Waals surface area (Å²) in [6.45, 7) is 4.12. The van der Waals surface area contributed by atoms with Gasteiger partial charge in [-0.1, -0.05) is 18.2 Å². The topological polar surface area (TPSA) is 95.6 Å². The number of sulfonamides is 1. The molecule has 2 N–H and O–H groups in total. The molecule has 2 aromatic carbocycles. The zero-order valence-corrected chi connectivity index (χ0v) is 19.2. The molecule has 0 aromatic heterocycles. The number of nitrogens with zero attached hydrogens (tertiary/aromatic N) is 1. The third-order valence-corrected chi connectivity index (χ3v) is 8.20. The fourth-order valence-corrected chi connectivity index (χ4v) is 5.25. The van der Waals surface area contributed by atoms with Gasteiger partial charge in [-0.15, -0.1) is 0 Å². The Morgan fingerprint density at radius 3 is 2.25 bits per heavy atom. The largest absolute Gasteiger partial charge is 0.385 e. The van der Waals surface area contributed by atoms with E-state index in [1.807, 2.05) is 12.1 Å². The molecular weight excluding hydrogens is 426 g/mol. The van der Waals surface area contributed by atoms with E-state index in [0.717, 1.165) is 37.9 Å². The number of carbonyl (C=O) groups excluding carboxylic acids is 2. The molecule has 1 heterocycles. The summed E-state index contributed by atoms with van der Waals surface area (Å²) in [6.07, 6.45) is 3.51. The highest BCUT2D eigenvalue weighted by Crippen LogP contribution is 2.31. The number of para-hydroxylation sites is 1. The number of nitrogens with one attached hydrogen (secondary N) is 2. The smallest absolute Gasteiger partial charge is 0.266 e. The first-order valence-corrected chi connectivity index (χ1v) is 12.6. The Labute approximate surface area is 189 Å². The minimum atomic E-state index is -3.24. The van der Waals surface area contributed by atoms with E-state index in [1.165, 1.54) is 4.90 Å². The number of carbonyl (C=O) groups is 2. The van der Waals surface area contributed by atoms with E-state index in [2.05, 4.69) is 10.0 Å². The lowest BCUT2D eigenvalue weighted by Gasteiger charge is -2.29. The van der Waals surface area contributed by atoms with Gasteiger partial charge in [-0.05, 0) is 75.8 Å². The monoisotopic (exact) mass is 455 g/mol. The van der Waals surface area contributed by atoms with E-state index in [1.54, 1.807) is 50.2 Å². The molecule has 2 aromatic rings. The molecule has 32 heavy (non-hydrogen) atoms. The molecule has 7 nitrogen and oxygen atoms in total. The maximum absolute atomic E-state index is 12.9. The summed E-state index contributed by atoms with van der Waals surface area (Å²) in [4.78, 5) is 26.8. The fourth-order valence-electron chi connectivity index (χ4n) is 4.28. The Bertz CT molecular complexity index is 1110. The lowest BCUT2D eigenvalue weighted by atomic mass is 9.86. The Balaban J connectivity index is 1.35. The van der Waals surface area contributed by atoms with Crippen LogP contribution in [0, 0.1) is 5.92 Å². The maximum Gasteiger partial charge on any atom is 0.266 e. The van der Waals surface area contributed by atoms with Gasteiger partial charge in [0.1, 0.15) is 0 Å². The summed E-state index contributed by atoms with van der Waals surface area (Å²) in [5.74, 6) is -0.177. The van der Waals surface area contributed by atoms with Crippen molar-refractivity contribution in [2.45, 2.75) is 50.8 Å². The Morgan fingerprint density at radius 1 is 0.938 bits per heavy atom. The van der Waals surface area contributed by atoms with Gasteiger partial charge >= 0.3 is 0 Å². The average Bonchev–Trinajstić information content (AvgIpc) is 3.03. The second-order valence-corrected chi connectivity index (χ2v) is 11.1. The summed E-state index contributed by atoms with van der Waals surface area (Å²) in [7, 11) is -3.24. The molecule has 170 valence electrons. The van der Waals surface area contributed by atoms with Crippen molar-refractivity contribution in [2.75, 3.05) is 16.8 Å². The molecule has 8 heteroatoms. The standard InChI is InChI=1S/C24H29N3O4S/c1-16(2)32(30,31)26-18-10-8-17(9-11-18)15-25-19-12-13-21-22(14-19)24(29)27(23(21)28)20-6-4-3-5-7-20/h3-7,12-14,16-18,25-26H,8-11,15H2,1-2H3/t17-,18-. The molecule has 0 spiro atoms. The predicted molar refractivity (Wildman–Crippen MR) is 125 cm³/mol. The molecule has 2 amide bonds. The highest BCUT2D eigenvalue weighted by atomic mass is 32.2. The Morgan fingerprint density at radius 2 is 1.59 bits per heavy atom. The first-order chi connectivity index (χ1) is 15.3. The van der Waals surface area contributed by atoms with E-state index in [4.69, 9.17) is 0 Å². The Kier molecular flexibility index (Phi) is 6.35. The van der Waals surface area contributed by atoms with Crippen LogP contribution in [0.5, 0.6) is 0 Å². The minimum absolute atomic E-state index is 0.00579. The Hall–Kier alpha value is -2.71. The molecule has 0 atom stereocenters. The van der Waals surface area contributed by atoms with Crippen molar-refractivity contribution in [3.63, 3.8) is 0 Å². The predicted octanol–water partition coefficient (Wildman–Crippen LogP) is 3.79. The number of hydrogen-bond donors (Lipinski definition) is 2. The first-order valence-electron chi connectivity index (χ1n) is 11.1. The zero-order chi connectivity index (χ0) is 22.9. The van der Waals surface area contributed by atoms with Gasteiger partial charge in [-0.25, -0.2) is 18.0 Å². The summed E-state index contributed by atoms with van der Waals surface area (Å²) in [5, 5.41) is 2.97. The van der Waals surface area contributed by atoms with Crippen molar-refractivity contribution >= 4 is 33.2 Å². The highest BCUT2D eigenvalue weighted by Gasteiger charge is 2.36. The van der Waals surface area contributed by atoms with Gasteiger partial charge in [-0.2, -0.15) is 0 Å². The molecule has 0 bridgehead atoms. The lowest BCUT2D eigenvalue weighted by Crippen LogP contribution is -2.41. The van der Waals surface area contributed by atoms with Crippen molar-refractivity contribution < 1.29 is 18.0 Å². The number of hydrogen-bond acceptors (Lipinski definition) is 5. The van der Waals surface area contributed by atoms with Crippen LogP contribution < -0.4 is 14.9 Å². The second kappa shape index (κ2) is 9.03. The van der Waals surface area contributed by atoms with Crippen LogP contribution in [0.3, 0.4) is 0 Å². The summed E-state index contributed by atoms with van der Waals surface area (Å²) in [6, 6.07) is 14.2. The van der Waals surface area contributed by atoms with Crippen molar-refractivity contribution in [1.82, 2.24) is 4.72 Å². The second-order valence-electron chi connectivity index (χ2n) is 8.85. The van der Waals surface area contributed by atoms with Gasteiger partial charge in [-0.3, -0.25) is 9.59 Å². The van der Waals surface area contributed by atoms with E-state index in [0.29, 0.717) is 22.7 Å². The quantitative estimate of drug-likeness (QED) is 0.620. The first kappa shape index (κ1) is 22.5. The zero-order valence-electron chi connectivity index (χ0n) is 18.4. The SMILES string of the molecule is CC(C)S(=O)(=O)N[C@H]1CC[C@H](CNc2ccc3c(c2)C(=O)N(c2ccccc2)C3=O)CC1. The third kappa shape index (κ3) is 4.56. The summed E-state index contributed by atoms with van der Waals surface area (Å²) >= 11 is 0. The minimum Gasteiger partial charge on any atom is -0.385 e. The highest BCUT2D eigenvalue weighted by molar-refractivity contribution is 7.90. The van der Waals surface area contributed by atoms with Crippen LogP contribution in [0.2, 0.25) is 0 Å². The molecule has 1 aliphatic carbocycles. The number of imide groups is 1. The van der Waals surface area contributed by atoms with Crippen LogP contribution in [0.1, 0.15) is 60.2 Å². The number of rotatable bonds is 7.